The highest BCUT2D eigenvalue weighted by molar-refractivity contribution is 5.99. The number of nitrogens with zero attached hydrogens (tertiary/aromatic N) is 1. The van der Waals surface area contributed by atoms with Gasteiger partial charge in [0, 0.05) is 23.6 Å². The predicted octanol–water partition coefficient (Wildman–Crippen LogP) is 10.2. The number of hydrogen-bond donors (Lipinski definition) is 3. The highest BCUT2D eigenvalue weighted by atomic mass is 16.6. The Morgan fingerprint density at radius 3 is 2.08 bits per heavy atom. The van der Waals surface area contributed by atoms with Crippen LogP contribution in [0.15, 0.2) is 60.5 Å². The van der Waals surface area contributed by atoms with Crippen molar-refractivity contribution in [2.45, 2.75) is 107 Å². The summed E-state index contributed by atoms with van der Waals surface area (Å²) in [6.07, 6.45) is 10.1. The number of benzene rings is 1. The second-order valence-corrected chi connectivity index (χ2v) is 8.74. The molecule has 1 aromatic heterocycles. The van der Waals surface area contributed by atoms with Gasteiger partial charge in [-0.05, 0) is 56.4 Å². The fraction of sp³-hybridized carbons (Fsp3) is 0.515. The first-order chi connectivity index (χ1) is 18.8. The topological polar surface area (TPSA) is 75.3 Å². The summed E-state index contributed by atoms with van der Waals surface area (Å²) in [5, 5.41) is 6.72. The van der Waals surface area contributed by atoms with Gasteiger partial charge in [-0.3, -0.25) is 9.63 Å². The number of carbonyl (C=O) groups excluding carboxylic acids is 1. The van der Waals surface area contributed by atoms with Crippen molar-refractivity contribution in [1.29, 1.82) is 0 Å². The lowest BCUT2D eigenvalue weighted by Crippen LogP contribution is -2.22. The number of amides is 1. The number of para-hydroxylation sites is 1. The van der Waals surface area contributed by atoms with Gasteiger partial charge in [-0.1, -0.05) is 98.9 Å². The summed E-state index contributed by atoms with van der Waals surface area (Å²) >= 11 is 0. The Morgan fingerprint density at radius 1 is 1.03 bits per heavy atom. The molecule has 1 heterocycles. The minimum atomic E-state index is -0.300. The molecule has 6 nitrogen and oxygen atoms in total. The highest BCUT2D eigenvalue weighted by Gasteiger charge is 2.27. The molecule has 1 fully saturated rings. The van der Waals surface area contributed by atoms with Crippen molar-refractivity contribution in [2.75, 3.05) is 17.7 Å². The molecule has 3 N–H and O–H groups in total. The average molecular weight is 541 g/mol. The zero-order valence-electron chi connectivity index (χ0n) is 26.6. The molecule has 1 amide bonds. The summed E-state index contributed by atoms with van der Waals surface area (Å²) in [6, 6.07) is 9.33. The molecule has 0 unspecified atom stereocenters. The van der Waals surface area contributed by atoms with Gasteiger partial charge in [0.2, 0.25) is 0 Å². The molecule has 1 saturated carbocycles. The first-order valence-electron chi connectivity index (χ1n) is 14.6. The van der Waals surface area contributed by atoms with Crippen LogP contribution in [0.25, 0.3) is 0 Å². The Bertz CT molecular complexity index is 964. The molecule has 0 spiro atoms. The van der Waals surface area contributed by atoms with Crippen molar-refractivity contribution in [1.82, 2.24) is 10.5 Å². The molecule has 1 aliphatic carbocycles. The van der Waals surface area contributed by atoms with Crippen LogP contribution >= 0.6 is 0 Å². The minimum Gasteiger partial charge on any atom is -0.354 e. The van der Waals surface area contributed by atoms with Crippen molar-refractivity contribution >= 4 is 23.1 Å². The molecule has 6 heteroatoms. The van der Waals surface area contributed by atoms with E-state index in [0.717, 1.165) is 41.2 Å². The summed E-state index contributed by atoms with van der Waals surface area (Å²) in [7, 11) is 1.42. The average Bonchev–Trinajstić information content (AvgIpc) is 3.77. The van der Waals surface area contributed by atoms with Gasteiger partial charge in [0.1, 0.15) is 5.82 Å². The standard InChI is InChI=1S/C22H26N4O2.C4H10.C3H8.2C2H6/c1-14(2)11-15(3)24-21-12-20(18(13-23-21)16-9-10-16)25-19-8-6-5-7-17(19)22(27)26-28-4;1-3-4-2;1-3-2;2*1-2/h5-8,11-13,16H,1,9-10H2,2-4H3,(H,26,27)(H2,23,24,25);3-4H2,1-2H3;3H2,1-2H3;2*1-2H3/b15-11+;;;;. The molecule has 0 bridgehead atoms. The third-order valence-corrected chi connectivity index (χ3v) is 4.88. The number of hydroxylamine groups is 1. The smallest absolute Gasteiger partial charge is 0.276 e. The zero-order valence-corrected chi connectivity index (χ0v) is 26.6. The fourth-order valence-electron chi connectivity index (χ4n) is 3.05. The largest absolute Gasteiger partial charge is 0.354 e. The molecule has 39 heavy (non-hydrogen) atoms. The van der Waals surface area contributed by atoms with Crippen molar-refractivity contribution in [3.63, 3.8) is 0 Å². The number of unbranched alkanes of at least 4 members (excludes halogenated alkanes) is 1. The van der Waals surface area contributed by atoms with Crippen LogP contribution in [0.4, 0.5) is 17.2 Å². The molecule has 0 saturated heterocycles. The van der Waals surface area contributed by atoms with E-state index >= 15 is 0 Å². The molecule has 2 aromatic rings. The van der Waals surface area contributed by atoms with E-state index in [-0.39, 0.29) is 5.91 Å². The van der Waals surface area contributed by atoms with E-state index in [2.05, 4.69) is 55.4 Å². The van der Waals surface area contributed by atoms with Crippen LogP contribution in [0.1, 0.15) is 123 Å². The summed E-state index contributed by atoms with van der Waals surface area (Å²) in [6.45, 7) is 24.4. The number of anilines is 3. The monoisotopic (exact) mass is 540 g/mol. The molecule has 220 valence electrons. The number of nitrogens with one attached hydrogen (secondary N) is 3. The second-order valence-electron chi connectivity index (χ2n) is 8.74. The van der Waals surface area contributed by atoms with E-state index < -0.39 is 0 Å². The number of pyridine rings is 1. The minimum absolute atomic E-state index is 0.300. The van der Waals surface area contributed by atoms with E-state index in [9.17, 15) is 4.79 Å². The van der Waals surface area contributed by atoms with Crippen LogP contribution in [0, 0.1) is 0 Å². The van der Waals surface area contributed by atoms with Crippen LogP contribution in [0.2, 0.25) is 0 Å². The summed E-state index contributed by atoms with van der Waals surface area (Å²) in [5.41, 5.74) is 7.64. The molecule has 0 radical (unpaired) electrons. The third kappa shape index (κ3) is 16.4. The van der Waals surface area contributed by atoms with Crippen LogP contribution in [-0.2, 0) is 4.84 Å². The Hall–Kier alpha value is -3.12. The highest BCUT2D eigenvalue weighted by Crippen LogP contribution is 2.44. The maximum absolute atomic E-state index is 12.3. The molecule has 1 aromatic carbocycles. The molecular weight excluding hydrogens is 484 g/mol. The molecule has 0 aliphatic heterocycles. The van der Waals surface area contributed by atoms with Crippen molar-refractivity contribution in [3.05, 3.63) is 71.6 Å². The van der Waals surface area contributed by atoms with E-state index in [1.54, 1.807) is 6.07 Å². The number of rotatable bonds is 9. The Labute approximate surface area is 239 Å². The molecule has 0 atom stereocenters. The second kappa shape index (κ2) is 24.0. The van der Waals surface area contributed by atoms with Crippen molar-refractivity contribution in [3.8, 4) is 0 Å². The summed E-state index contributed by atoms with van der Waals surface area (Å²) in [4.78, 5) is 21.6. The summed E-state index contributed by atoms with van der Waals surface area (Å²) in [5.74, 6) is 0.947. The first-order valence-corrected chi connectivity index (χ1v) is 14.6. The molecule has 1 aliphatic rings. The SMILES string of the molecule is C=C(C)/C=C(\C)Nc1cc(Nc2ccccc2C(=O)NOC)c(C2CC2)cn1.CC.CC.CCC.CCCC. The van der Waals surface area contributed by atoms with Gasteiger partial charge in [0.05, 0.1) is 18.4 Å². The Morgan fingerprint density at radius 2 is 1.59 bits per heavy atom. The first kappa shape index (κ1) is 38.0. The Balaban J connectivity index is 0. The van der Waals surface area contributed by atoms with Crippen LogP contribution in [0.5, 0.6) is 0 Å². The quantitative estimate of drug-likeness (QED) is 0.218. The zero-order chi connectivity index (χ0) is 30.2. The van der Waals surface area contributed by atoms with Crippen molar-refractivity contribution in [2.24, 2.45) is 0 Å². The number of aromatic nitrogens is 1. The lowest BCUT2D eigenvalue weighted by atomic mass is 10.1. The number of carbonyl (C=O) groups is 1. The number of allylic oxidation sites excluding steroid dienone is 3. The van der Waals surface area contributed by atoms with Gasteiger partial charge < -0.3 is 10.6 Å². The van der Waals surface area contributed by atoms with E-state index in [1.165, 1.54) is 26.4 Å². The lowest BCUT2D eigenvalue weighted by molar-refractivity contribution is 0.0538. The van der Waals surface area contributed by atoms with E-state index in [0.29, 0.717) is 17.2 Å². The number of hydrogen-bond acceptors (Lipinski definition) is 5. The van der Waals surface area contributed by atoms with Gasteiger partial charge in [-0.15, -0.1) is 0 Å². The van der Waals surface area contributed by atoms with Gasteiger partial charge in [0.15, 0.2) is 0 Å². The van der Waals surface area contributed by atoms with Crippen LogP contribution < -0.4 is 16.1 Å². The predicted molar refractivity (Wildman–Crippen MR) is 172 cm³/mol. The van der Waals surface area contributed by atoms with E-state index in [4.69, 9.17) is 4.84 Å². The van der Waals surface area contributed by atoms with Crippen LogP contribution in [-0.4, -0.2) is 18.0 Å². The van der Waals surface area contributed by atoms with Crippen molar-refractivity contribution < 1.29 is 9.63 Å². The van der Waals surface area contributed by atoms with E-state index in [1.807, 2.05) is 78.1 Å². The normalized spacial score (nSPS) is 11.4. The van der Waals surface area contributed by atoms with Gasteiger partial charge in [-0.2, -0.15) is 0 Å². The third-order valence-electron chi connectivity index (χ3n) is 4.88. The molecular formula is C33H56N4O2. The Kier molecular flexibility index (Phi) is 23.4. The van der Waals surface area contributed by atoms with Gasteiger partial charge >= 0.3 is 0 Å². The van der Waals surface area contributed by atoms with Gasteiger partial charge in [-0.25, -0.2) is 10.5 Å². The summed E-state index contributed by atoms with van der Waals surface area (Å²) < 4.78 is 0. The van der Waals surface area contributed by atoms with Gasteiger partial charge in [0.25, 0.3) is 5.91 Å². The lowest BCUT2D eigenvalue weighted by Gasteiger charge is -2.16. The maximum Gasteiger partial charge on any atom is 0.276 e. The van der Waals surface area contributed by atoms with Crippen LogP contribution in [0.3, 0.4) is 0 Å². The molecule has 3 rings (SSSR count). The maximum atomic E-state index is 12.3. The fourth-order valence-corrected chi connectivity index (χ4v) is 3.05.